The molecule has 1 aromatic carbocycles. The average Bonchev–Trinajstić information content (AvgIpc) is 2.55. The molecule has 6 heteroatoms. The number of nitrogens with zero attached hydrogens (tertiary/aromatic N) is 1. The van der Waals surface area contributed by atoms with Gasteiger partial charge in [-0.15, -0.1) is 0 Å². The van der Waals surface area contributed by atoms with E-state index in [0.29, 0.717) is 24.2 Å². The van der Waals surface area contributed by atoms with Crippen molar-refractivity contribution in [3.05, 3.63) is 29.8 Å². The Morgan fingerprint density at radius 1 is 1.35 bits per heavy atom. The summed E-state index contributed by atoms with van der Waals surface area (Å²) < 4.78 is 5.53. The van der Waals surface area contributed by atoms with Gasteiger partial charge in [0.25, 0.3) is 5.91 Å². The molecular formula is C17H20N2O4. The van der Waals surface area contributed by atoms with Gasteiger partial charge in [-0.05, 0) is 38.0 Å². The van der Waals surface area contributed by atoms with Crippen LogP contribution in [-0.2, 0) is 9.59 Å². The molecule has 0 aromatic heterocycles. The Labute approximate surface area is 135 Å². The quantitative estimate of drug-likeness (QED) is 0.867. The zero-order valence-electron chi connectivity index (χ0n) is 13.0. The molecule has 1 amide bonds. The maximum Gasteiger partial charge on any atom is 0.329 e. The Morgan fingerprint density at radius 3 is 2.65 bits per heavy atom. The summed E-state index contributed by atoms with van der Waals surface area (Å²) in [5.41, 5.74) is -0.758. The molecule has 0 unspecified atom stereocenters. The second kappa shape index (κ2) is 7.14. The summed E-state index contributed by atoms with van der Waals surface area (Å²) in [5, 5.41) is 21.0. The van der Waals surface area contributed by atoms with Crippen LogP contribution in [0, 0.1) is 11.3 Å². The van der Waals surface area contributed by atoms with E-state index in [0.717, 1.165) is 19.3 Å². The first-order valence-corrected chi connectivity index (χ1v) is 7.69. The van der Waals surface area contributed by atoms with Gasteiger partial charge in [0.05, 0.1) is 11.6 Å². The highest BCUT2D eigenvalue weighted by molar-refractivity contribution is 5.89. The normalized spacial score (nSPS) is 17.6. The number of carbonyl (C=O) groups is 2. The van der Waals surface area contributed by atoms with E-state index in [-0.39, 0.29) is 0 Å². The predicted octanol–water partition coefficient (Wildman–Crippen LogP) is 2.23. The standard InChI is InChI=1S/C17H20N2O4/c1-12(23-14-7-5-6-13(10-14)11-18)15(20)19-17(16(21)22)8-3-2-4-9-17/h5-7,10,12H,2-4,8-9H2,1H3,(H,19,20)(H,21,22)/t12-/m1/s1. The maximum absolute atomic E-state index is 12.3. The zero-order valence-corrected chi connectivity index (χ0v) is 13.0. The third-order valence-corrected chi connectivity index (χ3v) is 4.12. The Kier molecular flexibility index (Phi) is 5.22. The minimum atomic E-state index is -1.19. The van der Waals surface area contributed by atoms with E-state index >= 15 is 0 Å². The summed E-state index contributed by atoms with van der Waals surface area (Å²) in [5.74, 6) is -1.05. The number of ether oxygens (including phenoxy) is 1. The van der Waals surface area contributed by atoms with Crippen LogP contribution >= 0.6 is 0 Å². The lowest BCUT2D eigenvalue weighted by Crippen LogP contribution is -2.58. The number of rotatable bonds is 5. The van der Waals surface area contributed by atoms with Crippen LogP contribution in [0.2, 0.25) is 0 Å². The molecule has 2 rings (SSSR count). The van der Waals surface area contributed by atoms with Gasteiger partial charge in [0, 0.05) is 0 Å². The maximum atomic E-state index is 12.3. The SMILES string of the molecule is C[C@@H](Oc1cccc(C#N)c1)C(=O)NC1(C(=O)O)CCCCC1. The van der Waals surface area contributed by atoms with Crippen molar-refractivity contribution in [3.63, 3.8) is 0 Å². The molecule has 0 heterocycles. The van der Waals surface area contributed by atoms with Crippen LogP contribution in [0.15, 0.2) is 24.3 Å². The molecule has 122 valence electrons. The Morgan fingerprint density at radius 2 is 2.04 bits per heavy atom. The number of hydrogen-bond donors (Lipinski definition) is 2. The number of carboxylic acids is 1. The second-order valence-corrected chi connectivity index (χ2v) is 5.84. The van der Waals surface area contributed by atoms with Crippen molar-refractivity contribution >= 4 is 11.9 Å². The molecule has 0 spiro atoms. The molecule has 0 bridgehead atoms. The van der Waals surface area contributed by atoms with Crippen molar-refractivity contribution in [1.82, 2.24) is 5.32 Å². The third-order valence-electron chi connectivity index (χ3n) is 4.12. The second-order valence-electron chi connectivity index (χ2n) is 5.84. The summed E-state index contributed by atoms with van der Waals surface area (Å²) in [6, 6.07) is 8.49. The van der Waals surface area contributed by atoms with E-state index in [2.05, 4.69) is 5.32 Å². The number of carboxylic acid groups (broad SMARTS) is 1. The number of amides is 1. The van der Waals surface area contributed by atoms with Gasteiger partial charge in [0.1, 0.15) is 11.3 Å². The van der Waals surface area contributed by atoms with Gasteiger partial charge >= 0.3 is 5.97 Å². The minimum absolute atomic E-state index is 0.403. The smallest absolute Gasteiger partial charge is 0.329 e. The molecule has 1 aromatic rings. The number of carbonyl (C=O) groups excluding carboxylic acids is 1. The molecule has 1 aliphatic carbocycles. The van der Waals surface area contributed by atoms with Gasteiger partial charge in [0.2, 0.25) is 0 Å². The molecule has 0 saturated heterocycles. The molecule has 0 aliphatic heterocycles. The van der Waals surface area contributed by atoms with Crippen LogP contribution in [0.3, 0.4) is 0 Å². The molecule has 1 saturated carbocycles. The van der Waals surface area contributed by atoms with Gasteiger partial charge in [-0.1, -0.05) is 25.3 Å². The molecule has 6 nitrogen and oxygen atoms in total. The third kappa shape index (κ3) is 4.01. The van der Waals surface area contributed by atoms with Crippen LogP contribution in [0.25, 0.3) is 0 Å². The van der Waals surface area contributed by atoms with Gasteiger partial charge < -0.3 is 15.2 Å². The Bertz CT molecular complexity index is 630. The molecule has 2 N–H and O–H groups in total. The lowest BCUT2D eigenvalue weighted by Gasteiger charge is -2.34. The summed E-state index contributed by atoms with van der Waals surface area (Å²) in [6.45, 7) is 1.56. The van der Waals surface area contributed by atoms with Crippen LogP contribution in [-0.4, -0.2) is 28.6 Å². The van der Waals surface area contributed by atoms with Gasteiger partial charge in [-0.2, -0.15) is 5.26 Å². The summed E-state index contributed by atoms with van der Waals surface area (Å²) >= 11 is 0. The molecule has 1 fully saturated rings. The fourth-order valence-corrected chi connectivity index (χ4v) is 2.78. The van der Waals surface area contributed by atoms with E-state index in [4.69, 9.17) is 10.00 Å². The van der Waals surface area contributed by atoms with Crippen molar-refractivity contribution in [2.24, 2.45) is 0 Å². The van der Waals surface area contributed by atoms with Gasteiger partial charge in [-0.3, -0.25) is 4.79 Å². The summed E-state index contributed by atoms with van der Waals surface area (Å²) in [6.07, 6.45) is 2.58. The van der Waals surface area contributed by atoms with Crippen molar-refractivity contribution in [2.45, 2.75) is 50.7 Å². The van der Waals surface area contributed by atoms with E-state index in [1.54, 1.807) is 25.1 Å². The summed E-state index contributed by atoms with van der Waals surface area (Å²) in [4.78, 5) is 23.9. The first kappa shape index (κ1) is 16.8. The minimum Gasteiger partial charge on any atom is -0.481 e. The zero-order chi connectivity index (χ0) is 16.9. The van der Waals surface area contributed by atoms with Crippen LogP contribution in [0.4, 0.5) is 0 Å². The predicted molar refractivity (Wildman–Crippen MR) is 82.8 cm³/mol. The Hall–Kier alpha value is -2.55. The Balaban J connectivity index is 2.04. The number of benzene rings is 1. The number of aliphatic carboxylic acids is 1. The van der Waals surface area contributed by atoms with E-state index < -0.39 is 23.5 Å². The first-order valence-electron chi connectivity index (χ1n) is 7.69. The fraction of sp³-hybridized carbons (Fsp3) is 0.471. The lowest BCUT2D eigenvalue weighted by atomic mass is 9.81. The van der Waals surface area contributed by atoms with Gasteiger partial charge in [0.15, 0.2) is 6.10 Å². The monoisotopic (exact) mass is 316 g/mol. The number of nitriles is 1. The lowest BCUT2D eigenvalue weighted by molar-refractivity contribution is -0.150. The van der Waals surface area contributed by atoms with Crippen LogP contribution in [0.1, 0.15) is 44.6 Å². The van der Waals surface area contributed by atoms with E-state index in [1.807, 2.05) is 6.07 Å². The fourth-order valence-electron chi connectivity index (χ4n) is 2.78. The van der Waals surface area contributed by atoms with Crippen molar-refractivity contribution in [1.29, 1.82) is 5.26 Å². The van der Waals surface area contributed by atoms with Crippen LogP contribution in [0.5, 0.6) is 5.75 Å². The number of hydrogen-bond acceptors (Lipinski definition) is 4. The average molecular weight is 316 g/mol. The molecule has 0 radical (unpaired) electrons. The molecular weight excluding hydrogens is 296 g/mol. The summed E-state index contributed by atoms with van der Waals surface area (Å²) in [7, 11) is 0. The highest BCUT2D eigenvalue weighted by atomic mass is 16.5. The highest BCUT2D eigenvalue weighted by Gasteiger charge is 2.41. The highest BCUT2D eigenvalue weighted by Crippen LogP contribution is 2.28. The molecule has 1 atom stereocenters. The largest absolute Gasteiger partial charge is 0.481 e. The van der Waals surface area contributed by atoms with Crippen LogP contribution < -0.4 is 10.1 Å². The van der Waals surface area contributed by atoms with E-state index in [1.165, 1.54) is 6.07 Å². The van der Waals surface area contributed by atoms with Crippen molar-refractivity contribution in [3.8, 4) is 11.8 Å². The first-order chi connectivity index (χ1) is 11.0. The molecule has 1 aliphatic rings. The van der Waals surface area contributed by atoms with E-state index in [9.17, 15) is 14.7 Å². The molecule has 23 heavy (non-hydrogen) atoms. The number of nitrogens with one attached hydrogen (secondary N) is 1. The van der Waals surface area contributed by atoms with Crippen molar-refractivity contribution < 1.29 is 19.4 Å². The van der Waals surface area contributed by atoms with Gasteiger partial charge in [-0.25, -0.2) is 4.79 Å². The van der Waals surface area contributed by atoms with Crippen molar-refractivity contribution in [2.75, 3.05) is 0 Å². The topological polar surface area (TPSA) is 99.4 Å².